The number of amides is 1. The van der Waals surface area contributed by atoms with E-state index in [0.29, 0.717) is 12.8 Å². The van der Waals surface area contributed by atoms with Crippen LogP contribution in [0.4, 0.5) is 0 Å². The van der Waals surface area contributed by atoms with Crippen molar-refractivity contribution in [2.45, 2.75) is 36.5 Å². The Balaban J connectivity index is 1.24. The van der Waals surface area contributed by atoms with E-state index in [1.54, 1.807) is 29.0 Å². The number of aromatic nitrogens is 5. The van der Waals surface area contributed by atoms with Crippen LogP contribution in [0.2, 0.25) is 0 Å². The molecule has 1 amide bonds. The highest BCUT2D eigenvalue weighted by Crippen LogP contribution is 2.37. The van der Waals surface area contributed by atoms with E-state index in [0.717, 1.165) is 35.1 Å². The van der Waals surface area contributed by atoms with Crippen LogP contribution in [0.15, 0.2) is 53.8 Å². The molecule has 10 heteroatoms. The van der Waals surface area contributed by atoms with Gasteiger partial charge >= 0.3 is 0 Å². The van der Waals surface area contributed by atoms with Gasteiger partial charge in [0, 0.05) is 23.4 Å². The predicted molar refractivity (Wildman–Crippen MR) is 114 cm³/mol. The fraction of sp³-hybridized carbons (Fsp3) is 0.333. The number of fused-ring (bicyclic) bond motifs is 3. The molecule has 0 atom stereocenters. The number of benzene rings is 1. The molecule has 3 aromatic heterocycles. The summed E-state index contributed by atoms with van der Waals surface area (Å²) in [4.78, 5) is 20.3. The zero-order valence-corrected chi connectivity index (χ0v) is 17.5. The Hall–Kier alpha value is -3.27. The van der Waals surface area contributed by atoms with Gasteiger partial charge in [0.05, 0.1) is 10.6 Å². The zero-order chi connectivity index (χ0) is 21.4. The van der Waals surface area contributed by atoms with Crippen LogP contribution >= 0.6 is 0 Å². The molecule has 0 spiro atoms. The van der Waals surface area contributed by atoms with Crippen LogP contribution in [0.5, 0.6) is 0 Å². The van der Waals surface area contributed by atoms with Crippen molar-refractivity contribution in [1.82, 2.24) is 30.1 Å². The van der Waals surface area contributed by atoms with Crippen LogP contribution in [0.3, 0.4) is 0 Å². The summed E-state index contributed by atoms with van der Waals surface area (Å²) in [6.07, 6.45) is 6.46. The molecule has 9 nitrogen and oxygen atoms in total. The molecule has 0 saturated heterocycles. The molecule has 160 valence electrons. The molecule has 4 aromatic rings. The number of hydrogen-bond acceptors (Lipinski definition) is 6. The SMILES string of the molecule is O=C(NCS(=O)(=O)c1ccccc1)C1CCC(c2nnn3cnc4[nH]ccc4c23)CC1. The van der Waals surface area contributed by atoms with E-state index in [1.165, 1.54) is 12.1 Å². The molecule has 1 aromatic carbocycles. The van der Waals surface area contributed by atoms with Crippen LogP contribution in [-0.4, -0.2) is 45.0 Å². The maximum atomic E-state index is 12.6. The van der Waals surface area contributed by atoms with Crippen molar-refractivity contribution in [2.75, 3.05) is 5.88 Å². The Morgan fingerprint density at radius 2 is 1.90 bits per heavy atom. The minimum absolute atomic E-state index is 0.196. The van der Waals surface area contributed by atoms with Crippen molar-refractivity contribution in [3.05, 3.63) is 54.6 Å². The van der Waals surface area contributed by atoms with E-state index in [-0.39, 0.29) is 28.5 Å². The molecule has 1 fully saturated rings. The minimum atomic E-state index is -3.54. The molecule has 5 rings (SSSR count). The first-order chi connectivity index (χ1) is 15.0. The molecular formula is C21H22N6O3S. The van der Waals surface area contributed by atoms with E-state index in [9.17, 15) is 13.2 Å². The van der Waals surface area contributed by atoms with Crippen LogP contribution in [-0.2, 0) is 14.6 Å². The Labute approximate surface area is 178 Å². The summed E-state index contributed by atoms with van der Waals surface area (Å²) in [7, 11) is -3.54. The smallest absolute Gasteiger partial charge is 0.223 e. The number of rotatable bonds is 5. The van der Waals surface area contributed by atoms with Crippen LogP contribution in [0.1, 0.15) is 37.3 Å². The zero-order valence-electron chi connectivity index (χ0n) is 16.7. The van der Waals surface area contributed by atoms with Gasteiger partial charge in [-0.15, -0.1) is 5.10 Å². The highest BCUT2D eigenvalue weighted by Gasteiger charge is 2.30. The summed E-state index contributed by atoms with van der Waals surface area (Å²) in [5, 5.41) is 12.2. The number of sulfone groups is 1. The summed E-state index contributed by atoms with van der Waals surface area (Å²) in [6.45, 7) is 0. The van der Waals surface area contributed by atoms with Crippen molar-refractivity contribution < 1.29 is 13.2 Å². The normalized spacial score (nSPS) is 19.6. The van der Waals surface area contributed by atoms with E-state index in [4.69, 9.17) is 0 Å². The molecular weight excluding hydrogens is 416 g/mol. The standard InChI is InChI=1S/C21H22N6O3S/c28-21(24-13-31(29,30)16-4-2-1-3-5-16)15-8-6-14(7-9-15)18-19-17-10-11-22-20(17)23-12-27(19)26-25-18/h1-5,10-12,14-15,22H,6-9,13H2,(H,24,28). The highest BCUT2D eigenvalue weighted by atomic mass is 32.2. The van der Waals surface area contributed by atoms with Gasteiger partial charge in [0.2, 0.25) is 5.91 Å². The van der Waals surface area contributed by atoms with Gasteiger partial charge in [0.1, 0.15) is 23.4 Å². The van der Waals surface area contributed by atoms with E-state index in [1.807, 2.05) is 12.3 Å². The first-order valence-corrected chi connectivity index (χ1v) is 11.9. The average Bonchev–Trinajstić information content (AvgIpc) is 3.45. The number of nitrogens with zero attached hydrogens (tertiary/aromatic N) is 4. The number of aromatic amines is 1. The van der Waals surface area contributed by atoms with Crippen molar-refractivity contribution >= 4 is 32.3 Å². The van der Waals surface area contributed by atoms with Gasteiger partial charge < -0.3 is 10.3 Å². The maximum Gasteiger partial charge on any atom is 0.223 e. The van der Waals surface area contributed by atoms with Gasteiger partial charge in [-0.05, 0) is 43.9 Å². The summed E-state index contributed by atoms with van der Waals surface area (Å²) in [5.41, 5.74) is 2.68. The number of H-pyrrole nitrogens is 1. The molecule has 0 bridgehead atoms. The first-order valence-electron chi connectivity index (χ1n) is 10.3. The number of hydrogen-bond donors (Lipinski definition) is 2. The average molecular weight is 439 g/mol. The summed E-state index contributed by atoms with van der Waals surface area (Å²) in [6, 6.07) is 10.1. The summed E-state index contributed by atoms with van der Waals surface area (Å²) in [5.74, 6) is -0.583. The second-order valence-electron chi connectivity index (χ2n) is 7.91. The van der Waals surface area contributed by atoms with Gasteiger partial charge in [0.15, 0.2) is 9.84 Å². The fourth-order valence-corrected chi connectivity index (χ4v) is 5.42. The molecule has 0 unspecified atom stereocenters. The van der Waals surface area contributed by atoms with Crippen LogP contribution < -0.4 is 5.32 Å². The lowest BCUT2D eigenvalue weighted by atomic mass is 9.80. The minimum Gasteiger partial charge on any atom is -0.346 e. The Morgan fingerprint density at radius 1 is 1.13 bits per heavy atom. The van der Waals surface area contributed by atoms with E-state index in [2.05, 4.69) is 25.6 Å². The molecule has 1 aliphatic carbocycles. The Bertz CT molecular complexity index is 1340. The monoisotopic (exact) mass is 438 g/mol. The third-order valence-corrected chi connectivity index (χ3v) is 7.54. The third-order valence-electron chi connectivity index (χ3n) is 6.02. The fourth-order valence-electron chi connectivity index (χ4n) is 4.34. The molecule has 0 aliphatic heterocycles. The second kappa shape index (κ2) is 7.77. The summed E-state index contributed by atoms with van der Waals surface area (Å²) >= 11 is 0. The second-order valence-corrected chi connectivity index (χ2v) is 9.90. The van der Waals surface area contributed by atoms with Gasteiger partial charge in [-0.3, -0.25) is 4.79 Å². The van der Waals surface area contributed by atoms with E-state index < -0.39 is 9.84 Å². The maximum absolute atomic E-state index is 12.6. The van der Waals surface area contributed by atoms with Crippen LogP contribution in [0.25, 0.3) is 16.6 Å². The number of carbonyl (C=O) groups is 1. The Kier molecular flexibility index (Phi) is 4.93. The summed E-state index contributed by atoms with van der Waals surface area (Å²) < 4.78 is 26.5. The van der Waals surface area contributed by atoms with Gasteiger partial charge in [-0.1, -0.05) is 23.4 Å². The lowest BCUT2D eigenvalue weighted by Crippen LogP contribution is -2.36. The molecule has 31 heavy (non-hydrogen) atoms. The predicted octanol–water partition coefficient (Wildman–Crippen LogP) is 2.43. The van der Waals surface area contributed by atoms with Crippen molar-refractivity contribution in [3.8, 4) is 0 Å². The molecule has 0 radical (unpaired) electrons. The topological polar surface area (TPSA) is 122 Å². The van der Waals surface area contributed by atoms with E-state index >= 15 is 0 Å². The van der Waals surface area contributed by atoms with Crippen molar-refractivity contribution in [3.63, 3.8) is 0 Å². The highest BCUT2D eigenvalue weighted by molar-refractivity contribution is 7.91. The van der Waals surface area contributed by atoms with Crippen molar-refractivity contribution in [1.29, 1.82) is 0 Å². The molecule has 1 aliphatic rings. The quantitative estimate of drug-likeness (QED) is 0.493. The molecule has 1 saturated carbocycles. The largest absolute Gasteiger partial charge is 0.346 e. The van der Waals surface area contributed by atoms with Gasteiger partial charge in [-0.2, -0.15) is 0 Å². The lowest BCUT2D eigenvalue weighted by molar-refractivity contribution is -0.125. The first kappa shape index (κ1) is 19.7. The number of nitrogens with one attached hydrogen (secondary N) is 2. The molecule has 2 N–H and O–H groups in total. The Morgan fingerprint density at radius 3 is 2.68 bits per heavy atom. The van der Waals surface area contributed by atoms with Gasteiger partial charge in [-0.25, -0.2) is 17.9 Å². The third kappa shape index (κ3) is 3.67. The molecule has 3 heterocycles. The van der Waals surface area contributed by atoms with Crippen molar-refractivity contribution in [2.24, 2.45) is 5.92 Å². The number of carbonyl (C=O) groups excluding carboxylic acids is 1. The van der Waals surface area contributed by atoms with Gasteiger partial charge in [0.25, 0.3) is 0 Å². The lowest BCUT2D eigenvalue weighted by Gasteiger charge is -2.26. The van der Waals surface area contributed by atoms with Crippen LogP contribution in [0, 0.1) is 5.92 Å².